The molecule has 1 aliphatic rings. The fourth-order valence-electron chi connectivity index (χ4n) is 2.41. The number of nitrogens with one attached hydrogen (secondary N) is 2. The Morgan fingerprint density at radius 3 is 3.09 bits per heavy atom. The van der Waals surface area contributed by atoms with E-state index in [4.69, 9.17) is 13.9 Å². The molecule has 22 heavy (non-hydrogen) atoms. The average Bonchev–Trinajstić information content (AvgIpc) is 3.05. The summed E-state index contributed by atoms with van der Waals surface area (Å²) in [6, 6.07) is 8.97. The van der Waals surface area contributed by atoms with E-state index in [-0.39, 0.29) is 12.1 Å². The summed E-state index contributed by atoms with van der Waals surface area (Å²) in [5.41, 5.74) is 1.03. The molecule has 1 atom stereocenters. The Labute approximate surface area is 128 Å². The predicted molar refractivity (Wildman–Crippen MR) is 80.1 cm³/mol. The molecule has 6 heteroatoms. The molecule has 6 nitrogen and oxygen atoms in total. The molecule has 0 saturated heterocycles. The zero-order chi connectivity index (χ0) is 15.4. The lowest BCUT2D eigenvalue weighted by Gasteiger charge is -2.26. The molecule has 116 valence electrons. The van der Waals surface area contributed by atoms with Gasteiger partial charge in [-0.15, -0.1) is 0 Å². The van der Waals surface area contributed by atoms with Crippen LogP contribution in [-0.2, 0) is 13.0 Å². The molecule has 2 amide bonds. The van der Waals surface area contributed by atoms with Crippen molar-refractivity contribution in [2.75, 3.05) is 13.7 Å². The van der Waals surface area contributed by atoms with Crippen molar-refractivity contribution in [1.82, 2.24) is 10.6 Å². The number of amides is 2. The van der Waals surface area contributed by atoms with Crippen molar-refractivity contribution in [2.45, 2.75) is 19.0 Å². The maximum absolute atomic E-state index is 11.9. The Morgan fingerprint density at radius 1 is 1.41 bits per heavy atom. The molecule has 0 fully saturated rings. The van der Waals surface area contributed by atoms with Gasteiger partial charge >= 0.3 is 6.03 Å². The Bertz CT molecular complexity index is 640. The Hall–Kier alpha value is -2.63. The van der Waals surface area contributed by atoms with Crippen LogP contribution in [-0.4, -0.2) is 25.8 Å². The minimum atomic E-state index is -0.239. The monoisotopic (exact) mass is 302 g/mol. The van der Waals surface area contributed by atoms with Crippen molar-refractivity contribution < 1.29 is 18.7 Å². The molecule has 1 aliphatic heterocycles. The topological polar surface area (TPSA) is 72.7 Å². The molecule has 3 rings (SSSR count). The van der Waals surface area contributed by atoms with Gasteiger partial charge < -0.3 is 24.5 Å². The molecule has 0 radical (unpaired) electrons. The molecule has 0 bridgehead atoms. The van der Waals surface area contributed by atoms with E-state index in [1.807, 2.05) is 24.3 Å². The van der Waals surface area contributed by atoms with E-state index in [1.165, 1.54) is 0 Å². The Morgan fingerprint density at radius 2 is 2.32 bits per heavy atom. The summed E-state index contributed by atoms with van der Waals surface area (Å²) in [5, 5.41) is 5.66. The normalized spacial score (nSPS) is 16.3. The second kappa shape index (κ2) is 6.43. The lowest BCUT2D eigenvalue weighted by molar-refractivity contribution is 0.213. The average molecular weight is 302 g/mol. The number of carbonyl (C=O) groups excluding carboxylic acids is 1. The highest BCUT2D eigenvalue weighted by Gasteiger charge is 2.21. The molecule has 2 heterocycles. The van der Waals surface area contributed by atoms with Crippen LogP contribution < -0.4 is 20.1 Å². The smallest absolute Gasteiger partial charge is 0.315 e. The number of rotatable bonds is 4. The number of methoxy groups -OCH3 is 1. The Balaban J connectivity index is 1.54. The van der Waals surface area contributed by atoms with E-state index < -0.39 is 0 Å². The third-order valence-electron chi connectivity index (χ3n) is 3.51. The largest absolute Gasteiger partial charge is 0.497 e. The highest BCUT2D eigenvalue weighted by atomic mass is 16.5. The lowest BCUT2D eigenvalue weighted by Crippen LogP contribution is -2.47. The van der Waals surface area contributed by atoms with Gasteiger partial charge in [0.05, 0.1) is 26.0 Å². The molecule has 0 spiro atoms. The molecule has 0 aliphatic carbocycles. The highest BCUT2D eigenvalue weighted by Crippen LogP contribution is 2.28. The van der Waals surface area contributed by atoms with Gasteiger partial charge in [0, 0.05) is 0 Å². The fourth-order valence-corrected chi connectivity index (χ4v) is 2.41. The van der Waals surface area contributed by atoms with E-state index in [2.05, 4.69) is 10.6 Å². The van der Waals surface area contributed by atoms with E-state index >= 15 is 0 Å². The first-order valence-electron chi connectivity index (χ1n) is 7.11. The Kier molecular flexibility index (Phi) is 4.18. The summed E-state index contributed by atoms with van der Waals surface area (Å²) in [7, 11) is 1.63. The van der Waals surface area contributed by atoms with Crippen molar-refractivity contribution in [3.8, 4) is 11.5 Å². The third kappa shape index (κ3) is 3.33. The summed E-state index contributed by atoms with van der Waals surface area (Å²) in [6.07, 6.45) is 2.29. The van der Waals surface area contributed by atoms with Gasteiger partial charge in [-0.05, 0) is 42.3 Å². The second-order valence-electron chi connectivity index (χ2n) is 5.09. The zero-order valence-corrected chi connectivity index (χ0v) is 12.3. The SMILES string of the molecule is COc1ccc2c(c1)C[C@H](NC(=O)NCc1ccco1)CO2. The number of urea groups is 1. The van der Waals surface area contributed by atoms with Crippen molar-refractivity contribution in [3.05, 3.63) is 47.9 Å². The minimum Gasteiger partial charge on any atom is -0.497 e. The van der Waals surface area contributed by atoms with Crippen LogP contribution in [0.1, 0.15) is 11.3 Å². The molecule has 2 N–H and O–H groups in total. The number of fused-ring (bicyclic) bond motifs is 1. The predicted octanol–water partition coefficient (Wildman–Crippen LogP) is 2.09. The van der Waals surface area contributed by atoms with Crippen LogP contribution in [0.5, 0.6) is 11.5 Å². The van der Waals surface area contributed by atoms with Gasteiger partial charge in [-0.1, -0.05) is 0 Å². The first-order chi connectivity index (χ1) is 10.7. The first kappa shape index (κ1) is 14.3. The highest BCUT2D eigenvalue weighted by molar-refractivity contribution is 5.74. The van der Waals surface area contributed by atoms with Crippen LogP contribution in [0.3, 0.4) is 0 Å². The number of benzene rings is 1. The number of hydrogen-bond donors (Lipinski definition) is 2. The number of hydrogen-bond acceptors (Lipinski definition) is 4. The van der Waals surface area contributed by atoms with Gasteiger partial charge in [0.2, 0.25) is 0 Å². The van der Waals surface area contributed by atoms with Crippen LogP contribution in [0, 0.1) is 0 Å². The molecular weight excluding hydrogens is 284 g/mol. The van der Waals surface area contributed by atoms with Crippen molar-refractivity contribution in [2.24, 2.45) is 0 Å². The van der Waals surface area contributed by atoms with Crippen molar-refractivity contribution >= 4 is 6.03 Å². The molecule has 0 unspecified atom stereocenters. The summed E-state index contributed by atoms with van der Waals surface area (Å²) < 4.78 is 16.0. The minimum absolute atomic E-state index is 0.0730. The van der Waals surface area contributed by atoms with Crippen LogP contribution in [0.2, 0.25) is 0 Å². The summed E-state index contributed by atoms with van der Waals surface area (Å²) in [4.78, 5) is 11.9. The number of ether oxygens (including phenoxy) is 2. The maximum Gasteiger partial charge on any atom is 0.315 e. The summed E-state index contributed by atoms with van der Waals surface area (Å²) >= 11 is 0. The molecule has 1 aromatic heterocycles. The van der Waals surface area contributed by atoms with Gasteiger partial charge in [0.15, 0.2) is 0 Å². The molecule has 0 saturated carbocycles. The van der Waals surface area contributed by atoms with E-state index in [0.29, 0.717) is 25.3 Å². The van der Waals surface area contributed by atoms with Crippen molar-refractivity contribution in [3.63, 3.8) is 0 Å². The summed E-state index contributed by atoms with van der Waals surface area (Å²) in [5.74, 6) is 2.34. The van der Waals surface area contributed by atoms with E-state index in [9.17, 15) is 4.79 Å². The van der Waals surface area contributed by atoms with Crippen LogP contribution in [0.15, 0.2) is 41.0 Å². The molecule has 2 aromatic rings. The number of carbonyl (C=O) groups is 1. The quantitative estimate of drug-likeness (QED) is 0.907. The fraction of sp³-hybridized carbons (Fsp3) is 0.312. The van der Waals surface area contributed by atoms with Gasteiger partial charge in [-0.3, -0.25) is 0 Å². The summed E-state index contributed by atoms with van der Waals surface area (Å²) in [6.45, 7) is 0.810. The first-order valence-corrected chi connectivity index (χ1v) is 7.11. The maximum atomic E-state index is 11.9. The van der Waals surface area contributed by atoms with E-state index in [1.54, 1.807) is 19.4 Å². The van der Waals surface area contributed by atoms with Gasteiger partial charge in [-0.25, -0.2) is 4.79 Å². The lowest BCUT2D eigenvalue weighted by atomic mass is 10.0. The third-order valence-corrected chi connectivity index (χ3v) is 3.51. The van der Waals surface area contributed by atoms with E-state index in [0.717, 1.165) is 17.1 Å². The zero-order valence-electron chi connectivity index (χ0n) is 12.3. The van der Waals surface area contributed by atoms with Gasteiger partial charge in [0.25, 0.3) is 0 Å². The standard InChI is InChI=1S/C16H18N2O4/c1-20-13-4-5-15-11(8-13)7-12(10-22-15)18-16(19)17-9-14-3-2-6-21-14/h2-6,8,12H,7,9-10H2,1H3,(H2,17,18,19)/t12-/m0/s1. The molecule has 1 aromatic carbocycles. The van der Waals surface area contributed by atoms with Gasteiger partial charge in [-0.2, -0.15) is 0 Å². The van der Waals surface area contributed by atoms with Crippen molar-refractivity contribution in [1.29, 1.82) is 0 Å². The van der Waals surface area contributed by atoms with Crippen LogP contribution >= 0.6 is 0 Å². The molecular formula is C16H18N2O4. The van der Waals surface area contributed by atoms with Crippen LogP contribution in [0.4, 0.5) is 4.79 Å². The second-order valence-corrected chi connectivity index (χ2v) is 5.09. The van der Waals surface area contributed by atoms with Gasteiger partial charge in [0.1, 0.15) is 23.9 Å². The van der Waals surface area contributed by atoms with Crippen LogP contribution in [0.25, 0.3) is 0 Å². The number of furan rings is 1.